The molecule has 7 heteroatoms. The van der Waals surface area contributed by atoms with Crippen LogP contribution in [0.4, 0.5) is 8.78 Å². The van der Waals surface area contributed by atoms with Crippen LogP contribution in [0, 0.1) is 11.8 Å². The lowest BCUT2D eigenvalue weighted by molar-refractivity contribution is 0.464. The van der Waals surface area contributed by atoms with Crippen LogP contribution in [0.2, 0.25) is 0 Å². The maximum atomic E-state index is 14.9. The largest absolute Gasteiger partial charge is 0.242 e. The van der Waals surface area contributed by atoms with Crippen LogP contribution in [0.3, 0.4) is 0 Å². The molecule has 0 aliphatic rings. The van der Waals surface area contributed by atoms with E-state index >= 15 is 0 Å². The summed E-state index contributed by atoms with van der Waals surface area (Å²) in [6.07, 6.45) is 0. The molecule has 0 radical (unpaired) electrons. The van der Waals surface area contributed by atoms with Gasteiger partial charge in [-0.1, -0.05) is 62.3 Å². The summed E-state index contributed by atoms with van der Waals surface area (Å²) < 4.78 is 30.9. The number of hydrogen-bond donors (Lipinski definition) is 0. The molecule has 0 bridgehead atoms. The van der Waals surface area contributed by atoms with Crippen LogP contribution >= 0.6 is 0 Å². The monoisotopic (exact) mass is 441 g/mol. The van der Waals surface area contributed by atoms with Crippen molar-refractivity contribution in [1.29, 1.82) is 0 Å². The Morgan fingerprint density at radius 1 is 0.688 bits per heavy atom. The Morgan fingerprint density at radius 3 is 1.66 bits per heavy atom. The zero-order valence-corrected chi connectivity index (χ0v) is 20.7. The average molecular weight is 442 g/mol. The van der Waals surface area contributed by atoms with Crippen LogP contribution in [0.5, 0.6) is 0 Å². The number of aryl methyl sites for hydroxylation is 1. The second-order valence-corrected chi connectivity index (χ2v) is 11.4. The molecule has 5 nitrogen and oxygen atoms in total. The Hall–Kier alpha value is -2.70. The van der Waals surface area contributed by atoms with Crippen molar-refractivity contribution in [3.8, 4) is 22.6 Å². The molecule has 2 aromatic heterocycles. The van der Waals surface area contributed by atoms with Gasteiger partial charge in [0.1, 0.15) is 17.5 Å². The number of hydrogen-bond acceptors (Lipinski definition) is 4. The number of rotatable bonds is 2. The molecule has 32 heavy (non-hydrogen) atoms. The van der Waals surface area contributed by atoms with E-state index in [0.29, 0.717) is 39.9 Å². The second kappa shape index (κ2) is 7.71. The van der Waals surface area contributed by atoms with Gasteiger partial charge >= 0.3 is 0 Å². The van der Waals surface area contributed by atoms with Crippen molar-refractivity contribution < 1.29 is 8.78 Å². The molecule has 0 fully saturated rings. The minimum absolute atomic E-state index is 0.308. The number of aromatic nitrogens is 5. The van der Waals surface area contributed by atoms with E-state index < -0.39 is 17.2 Å². The van der Waals surface area contributed by atoms with Gasteiger partial charge in [-0.05, 0) is 23.6 Å². The molecular formula is C25H33F2N5. The lowest BCUT2D eigenvalue weighted by Gasteiger charge is -2.23. The first-order chi connectivity index (χ1) is 14.5. The zero-order valence-electron chi connectivity index (χ0n) is 20.7. The Kier molecular flexibility index (Phi) is 5.77. The number of nitrogens with zero attached hydrogens (tertiary/aromatic N) is 5. The molecule has 0 spiro atoms. The van der Waals surface area contributed by atoms with Crippen molar-refractivity contribution in [2.75, 3.05) is 0 Å². The zero-order chi connectivity index (χ0) is 24.2. The first-order valence-electron chi connectivity index (χ1n) is 10.8. The van der Waals surface area contributed by atoms with Gasteiger partial charge in [0.25, 0.3) is 0 Å². The summed E-state index contributed by atoms with van der Waals surface area (Å²) in [5, 5.41) is 4.36. The van der Waals surface area contributed by atoms with Crippen molar-refractivity contribution >= 4 is 0 Å². The topological polar surface area (TPSA) is 56.5 Å². The molecular weight excluding hydrogens is 408 g/mol. The highest BCUT2D eigenvalue weighted by atomic mass is 19.1. The Bertz CT molecular complexity index is 1130. The predicted molar refractivity (Wildman–Crippen MR) is 123 cm³/mol. The highest BCUT2D eigenvalue weighted by Gasteiger charge is 2.29. The summed E-state index contributed by atoms with van der Waals surface area (Å²) in [5.41, 5.74) is 0.724. The first kappa shape index (κ1) is 24.0. The molecule has 1 aromatic carbocycles. The Labute approximate surface area is 189 Å². The minimum atomic E-state index is -0.508. The van der Waals surface area contributed by atoms with Crippen LogP contribution in [0.1, 0.15) is 79.5 Å². The van der Waals surface area contributed by atoms with Gasteiger partial charge in [-0.25, -0.2) is 24.0 Å². The van der Waals surface area contributed by atoms with Crippen LogP contribution in [0.15, 0.2) is 18.2 Å². The van der Waals surface area contributed by atoms with Gasteiger partial charge < -0.3 is 0 Å². The molecule has 172 valence electrons. The van der Waals surface area contributed by atoms with E-state index in [1.165, 1.54) is 16.8 Å². The van der Waals surface area contributed by atoms with E-state index in [4.69, 9.17) is 0 Å². The van der Waals surface area contributed by atoms with Gasteiger partial charge in [0.2, 0.25) is 5.95 Å². The Morgan fingerprint density at radius 2 is 1.19 bits per heavy atom. The van der Waals surface area contributed by atoms with Crippen molar-refractivity contribution in [2.45, 2.75) is 78.6 Å². The van der Waals surface area contributed by atoms with Crippen LogP contribution in [0.25, 0.3) is 22.6 Å². The smallest absolute Gasteiger partial charge is 0.215 e. The van der Waals surface area contributed by atoms with Gasteiger partial charge in [0.15, 0.2) is 5.82 Å². The normalized spacial score (nSPS) is 13.0. The second-order valence-electron chi connectivity index (χ2n) is 11.4. The molecule has 3 rings (SSSR count). The van der Waals surface area contributed by atoms with Gasteiger partial charge in [0, 0.05) is 34.6 Å². The fourth-order valence-electron chi connectivity index (χ4n) is 3.40. The third kappa shape index (κ3) is 4.71. The summed E-state index contributed by atoms with van der Waals surface area (Å²) in [6.45, 7) is 17.9. The molecule has 0 amide bonds. The van der Waals surface area contributed by atoms with Crippen molar-refractivity contribution in [1.82, 2.24) is 24.7 Å². The fraction of sp³-hybridized carbons (Fsp3) is 0.520. The quantitative estimate of drug-likeness (QED) is 0.481. The standard InChI is InChI=1S/C25H33F2N5/c1-23(2,3)17-18(31-32(10)19(17)27)14-11-15(13-16(26)12-14)20-28-21(24(4,5)6)30-22(29-20)25(7,8)9/h11-13H,1-10H3. The summed E-state index contributed by atoms with van der Waals surface area (Å²) in [6, 6.07) is 4.54. The van der Waals surface area contributed by atoms with E-state index in [1.54, 1.807) is 13.1 Å². The third-order valence-corrected chi connectivity index (χ3v) is 5.13. The maximum absolute atomic E-state index is 14.9. The Balaban J connectivity index is 2.27. The van der Waals surface area contributed by atoms with Crippen molar-refractivity contribution in [2.24, 2.45) is 7.05 Å². The van der Waals surface area contributed by atoms with E-state index in [9.17, 15) is 8.78 Å². The first-order valence-corrected chi connectivity index (χ1v) is 10.8. The van der Waals surface area contributed by atoms with E-state index in [0.717, 1.165) is 0 Å². The fourth-order valence-corrected chi connectivity index (χ4v) is 3.40. The van der Waals surface area contributed by atoms with Gasteiger partial charge in [-0.15, -0.1) is 0 Å². The lowest BCUT2D eigenvalue weighted by atomic mass is 9.85. The molecule has 0 aliphatic carbocycles. The average Bonchev–Trinajstić information content (AvgIpc) is 2.94. The molecule has 0 aliphatic heterocycles. The molecule has 0 N–H and O–H groups in total. The molecule has 0 unspecified atom stereocenters. The molecule has 2 heterocycles. The molecule has 3 aromatic rings. The van der Waals surface area contributed by atoms with E-state index in [2.05, 4.69) is 20.1 Å². The number of halogens is 2. The van der Waals surface area contributed by atoms with Gasteiger partial charge in [-0.3, -0.25) is 0 Å². The van der Waals surface area contributed by atoms with E-state index in [1.807, 2.05) is 62.3 Å². The molecule has 0 saturated heterocycles. The van der Waals surface area contributed by atoms with Crippen LogP contribution in [-0.4, -0.2) is 24.7 Å². The van der Waals surface area contributed by atoms with Gasteiger partial charge in [0.05, 0.1) is 5.69 Å². The summed E-state index contributed by atoms with van der Waals surface area (Å²) in [4.78, 5) is 14.0. The highest BCUT2D eigenvalue weighted by Crippen LogP contribution is 2.36. The van der Waals surface area contributed by atoms with E-state index in [-0.39, 0.29) is 10.8 Å². The SMILES string of the molecule is Cn1nc(-c2cc(F)cc(-c3nc(C(C)(C)C)nc(C(C)(C)C)n3)c2)c(C(C)(C)C)c1F. The minimum Gasteiger partial charge on any atom is -0.242 e. The lowest BCUT2D eigenvalue weighted by Crippen LogP contribution is -2.24. The molecule has 0 saturated carbocycles. The third-order valence-electron chi connectivity index (χ3n) is 5.13. The molecule has 0 atom stereocenters. The number of benzene rings is 1. The van der Waals surface area contributed by atoms with Crippen LogP contribution < -0.4 is 0 Å². The van der Waals surface area contributed by atoms with Crippen molar-refractivity contribution in [3.63, 3.8) is 0 Å². The van der Waals surface area contributed by atoms with Crippen LogP contribution in [-0.2, 0) is 23.3 Å². The summed E-state index contributed by atoms with van der Waals surface area (Å²) in [5.74, 6) is 0.779. The maximum Gasteiger partial charge on any atom is 0.215 e. The summed E-state index contributed by atoms with van der Waals surface area (Å²) >= 11 is 0. The summed E-state index contributed by atoms with van der Waals surface area (Å²) in [7, 11) is 1.55. The van der Waals surface area contributed by atoms with Crippen molar-refractivity contribution in [3.05, 3.63) is 47.2 Å². The van der Waals surface area contributed by atoms with Gasteiger partial charge in [-0.2, -0.15) is 9.49 Å². The predicted octanol–water partition coefficient (Wildman–Crippen LogP) is 6.11. The highest BCUT2D eigenvalue weighted by molar-refractivity contribution is 5.71.